The van der Waals surface area contributed by atoms with Crippen molar-refractivity contribution in [2.24, 2.45) is 5.92 Å². The van der Waals surface area contributed by atoms with Crippen molar-refractivity contribution in [1.29, 1.82) is 0 Å². The lowest BCUT2D eigenvalue weighted by Crippen LogP contribution is -2.26. The third-order valence-corrected chi connectivity index (χ3v) is 4.22. The fourth-order valence-electron chi connectivity index (χ4n) is 2.46. The molecule has 2 nitrogen and oxygen atoms in total. The third-order valence-electron chi connectivity index (χ3n) is 3.40. The van der Waals surface area contributed by atoms with Crippen LogP contribution in [0.5, 0.6) is 0 Å². The van der Waals surface area contributed by atoms with Crippen molar-refractivity contribution in [2.75, 3.05) is 0 Å². The highest BCUT2D eigenvalue weighted by Crippen LogP contribution is 2.28. The van der Waals surface area contributed by atoms with Crippen LogP contribution in [0, 0.1) is 5.92 Å². The van der Waals surface area contributed by atoms with Gasteiger partial charge in [0.1, 0.15) is 6.61 Å². The van der Waals surface area contributed by atoms with Crippen LogP contribution in [0.25, 0.3) is 0 Å². The Kier molecular flexibility index (Phi) is 5.29. The molecular formula is C17H26O2Si. The van der Waals surface area contributed by atoms with Gasteiger partial charge in [-0.1, -0.05) is 43.2 Å². The van der Waals surface area contributed by atoms with Crippen LogP contribution in [0.4, 0.5) is 0 Å². The lowest BCUT2D eigenvalue weighted by atomic mass is 10.1. The highest BCUT2D eigenvalue weighted by molar-refractivity contribution is 6.69. The van der Waals surface area contributed by atoms with Crippen LogP contribution >= 0.6 is 0 Å². The molecule has 2 rings (SSSR count). The third kappa shape index (κ3) is 5.41. The summed E-state index contributed by atoms with van der Waals surface area (Å²) in [7, 11) is -1.62. The van der Waals surface area contributed by atoms with E-state index in [1.54, 1.807) is 0 Å². The summed E-state index contributed by atoms with van der Waals surface area (Å²) in [6, 6.07) is 10.3. The second-order valence-electron chi connectivity index (χ2n) is 6.52. The Morgan fingerprint density at radius 2 is 1.80 bits per heavy atom. The highest BCUT2D eigenvalue weighted by atomic mass is 28.4. The first-order valence-electron chi connectivity index (χ1n) is 7.60. The lowest BCUT2D eigenvalue weighted by Gasteiger charge is -2.22. The summed E-state index contributed by atoms with van der Waals surface area (Å²) in [6.45, 7) is 7.17. The second kappa shape index (κ2) is 6.98. The van der Waals surface area contributed by atoms with E-state index in [0.29, 0.717) is 12.5 Å². The predicted octanol–water partition coefficient (Wildman–Crippen LogP) is 5.09. The predicted molar refractivity (Wildman–Crippen MR) is 85.7 cm³/mol. The van der Waals surface area contributed by atoms with Gasteiger partial charge in [0.2, 0.25) is 8.32 Å². The maximum Gasteiger partial charge on any atom is 0.261 e. The Hall–Kier alpha value is -1.22. The van der Waals surface area contributed by atoms with Gasteiger partial charge < -0.3 is 9.16 Å². The number of hydrogen-bond donors (Lipinski definition) is 0. The Morgan fingerprint density at radius 1 is 1.15 bits per heavy atom. The molecule has 0 spiro atoms. The lowest BCUT2D eigenvalue weighted by molar-refractivity contribution is 0.0891. The van der Waals surface area contributed by atoms with Gasteiger partial charge in [0.25, 0.3) is 5.95 Å². The molecule has 1 saturated carbocycles. The molecule has 0 unspecified atom stereocenters. The van der Waals surface area contributed by atoms with Gasteiger partial charge in [0.05, 0.1) is 0 Å². The van der Waals surface area contributed by atoms with Crippen LogP contribution in [0.1, 0.15) is 31.2 Å². The molecule has 0 aliphatic heterocycles. The Bertz CT molecular complexity index is 428. The first-order valence-corrected chi connectivity index (χ1v) is 11.0. The smallest absolute Gasteiger partial charge is 0.261 e. The molecule has 0 atom stereocenters. The van der Waals surface area contributed by atoms with Crippen LogP contribution in [0.15, 0.2) is 42.4 Å². The summed E-state index contributed by atoms with van der Waals surface area (Å²) in [5.74, 6) is 1.39. The van der Waals surface area contributed by atoms with Crippen molar-refractivity contribution >= 4 is 8.32 Å². The summed E-state index contributed by atoms with van der Waals surface area (Å²) in [4.78, 5) is 0. The largest absolute Gasteiger partial charge is 0.520 e. The molecule has 0 amide bonds. The number of hydrogen-bond acceptors (Lipinski definition) is 2. The van der Waals surface area contributed by atoms with Crippen molar-refractivity contribution in [3.05, 3.63) is 47.9 Å². The first kappa shape index (κ1) is 15.2. The summed E-state index contributed by atoms with van der Waals surface area (Å²) in [6.07, 6.45) is 7.43. The summed E-state index contributed by atoms with van der Waals surface area (Å²) >= 11 is 0. The van der Waals surface area contributed by atoms with Gasteiger partial charge in [0, 0.05) is 0 Å². The van der Waals surface area contributed by atoms with Gasteiger partial charge in [-0.2, -0.15) is 0 Å². The summed E-state index contributed by atoms with van der Waals surface area (Å²) < 4.78 is 12.0. The standard InChI is InChI=1S/C17H26O2Si/c1-20(2,3)19-17(13-15-9-7-8-10-15)18-14-16-11-5-4-6-12-16/h4-6,11-13,15H,7-10,14H2,1-3H3/b17-13+. The molecule has 0 saturated heterocycles. The van der Waals surface area contributed by atoms with Gasteiger partial charge in [-0.3, -0.25) is 0 Å². The zero-order valence-corrected chi connectivity index (χ0v) is 13.9. The molecule has 3 heteroatoms. The molecule has 0 bridgehead atoms. The molecular weight excluding hydrogens is 264 g/mol. The highest BCUT2D eigenvalue weighted by Gasteiger charge is 2.21. The van der Waals surface area contributed by atoms with E-state index in [0.717, 1.165) is 5.95 Å². The zero-order chi connectivity index (χ0) is 14.4. The molecule has 1 aromatic carbocycles. The van der Waals surface area contributed by atoms with Crippen molar-refractivity contribution in [2.45, 2.75) is 51.9 Å². The molecule has 110 valence electrons. The molecule has 1 aliphatic carbocycles. The Balaban J connectivity index is 1.98. The van der Waals surface area contributed by atoms with Crippen molar-refractivity contribution < 1.29 is 9.16 Å². The molecule has 0 radical (unpaired) electrons. The van der Waals surface area contributed by atoms with Gasteiger partial charge in [-0.05, 0) is 50.0 Å². The first-order chi connectivity index (χ1) is 9.53. The van der Waals surface area contributed by atoms with Crippen LogP contribution in [-0.4, -0.2) is 8.32 Å². The molecule has 20 heavy (non-hydrogen) atoms. The maximum absolute atomic E-state index is 6.10. The quantitative estimate of drug-likeness (QED) is 0.537. The maximum atomic E-state index is 6.10. The molecule has 0 N–H and O–H groups in total. The molecule has 1 fully saturated rings. The number of rotatable bonds is 6. The second-order valence-corrected chi connectivity index (χ2v) is 10.9. The van der Waals surface area contributed by atoms with E-state index in [1.807, 2.05) is 18.2 Å². The fourth-order valence-corrected chi connectivity index (χ4v) is 3.19. The minimum absolute atomic E-state index is 0.587. The number of ether oxygens (including phenoxy) is 1. The number of benzene rings is 1. The monoisotopic (exact) mass is 290 g/mol. The average Bonchev–Trinajstić information content (AvgIpc) is 2.88. The molecule has 1 aliphatic rings. The van der Waals surface area contributed by atoms with E-state index in [1.165, 1.54) is 31.2 Å². The van der Waals surface area contributed by atoms with Crippen LogP contribution < -0.4 is 0 Å². The van der Waals surface area contributed by atoms with E-state index in [-0.39, 0.29) is 0 Å². The van der Waals surface area contributed by atoms with E-state index >= 15 is 0 Å². The van der Waals surface area contributed by atoms with E-state index in [9.17, 15) is 0 Å². The van der Waals surface area contributed by atoms with Gasteiger partial charge >= 0.3 is 0 Å². The molecule has 1 aromatic rings. The normalized spacial score (nSPS) is 17.2. The summed E-state index contributed by atoms with van der Waals surface area (Å²) in [5.41, 5.74) is 1.18. The van der Waals surface area contributed by atoms with E-state index < -0.39 is 8.32 Å². The average molecular weight is 290 g/mol. The van der Waals surface area contributed by atoms with Gasteiger partial charge in [0.15, 0.2) is 0 Å². The SMILES string of the molecule is C[Si](C)(C)O/C(=C/C1CCCC1)OCc1ccccc1. The number of allylic oxidation sites excluding steroid dienone is 1. The van der Waals surface area contributed by atoms with Crippen LogP contribution in [-0.2, 0) is 15.8 Å². The molecule has 0 heterocycles. The zero-order valence-electron chi connectivity index (χ0n) is 12.9. The van der Waals surface area contributed by atoms with Gasteiger partial charge in [-0.25, -0.2) is 0 Å². The van der Waals surface area contributed by atoms with E-state index in [4.69, 9.17) is 9.16 Å². The van der Waals surface area contributed by atoms with Crippen molar-refractivity contribution in [1.82, 2.24) is 0 Å². The van der Waals surface area contributed by atoms with Crippen molar-refractivity contribution in [3.8, 4) is 0 Å². The minimum Gasteiger partial charge on any atom is -0.520 e. The minimum atomic E-state index is -1.62. The van der Waals surface area contributed by atoms with Crippen LogP contribution in [0.3, 0.4) is 0 Å². The fraction of sp³-hybridized carbons (Fsp3) is 0.529. The molecule has 0 aromatic heterocycles. The van der Waals surface area contributed by atoms with Gasteiger partial charge in [-0.15, -0.1) is 0 Å². The Morgan fingerprint density at radius 3 is 2.40 bits per heavy atom. The van der Waals surface area contributed by atoms with Crippen LogP contribution in [0.2, 0.25) is 19.6 Å². The van der Waals surface area contributed by atoms with E-state index in [2.05, 4.69) is 37.8 Å². The summed E-state index contributed by atoms with van der Waals surface area (Å²) in [5, 5.41) is 0. The Labute approximate surface area is 123 Å². The topological polar surface area (TPSA) is 18.5 Å². The van der Waals surface area contributed by atoms with Crippen molar-refractivity contribution in [3.63, 3.8) is 0 Å².